The highest BCUT2D eigenvalue weighted by Crippen LogP contribution is 2.37. The van der Waals surface area contributed by atoms with Gasteiger partial charge in [-0.05, 0) is 42.0 Å². The fraction of sp³-hybridized carbons (Fsp3) is 0.167. The molecule has 2 aromatic rings. The van der Waals surface area contributed by atoms with Crippen LogP contribution in [0.4, 0.5) is 5.69 Å². The minimum Gasteiger partial charge on any atom is -0.493 e. The van der Waals surface area contributed by atoms with E-state index in [4.69, 9.17) is 32.7 Å². The van der Waals surface area contributed by atoms with Crippen molar-refractivity contribution >= 4 is 51.0 Å². The van der Waals surface area contributed by atoms with E-state index >= 15 is 0 Å². The molecule has 28 heavy (non-hydrogen) atoms. The van der Waals surface area contributed by atoms with Gasteiger partial charge in [0.2, 0.25) is 0 Å². The third-order valence-corrected chi connectivity index (χ3v) is 5.31. The van der Waals surface area contributed by atoms with Crippen LogP contribution in [0.15, 0.2) is 41.3 Å². The van der Waals surface area contributed by atoms with Crippen molar-refractivity contribution < 1.29 is 27.4 Å². The van der Waals surface area contributed by atoms with E-state index in [9.17, 15) is 13.2 Å². The molecule has 7 nitrogen and oxygen atoms in total. The molecule has 2 aromatic carbocycles. The Bertz CT molecular complexity index is 1000. The third kappa shape index (κ3) is 5.31. The Morgan fingerprint density at radius 1 is 1.00 bits per heavy atom. The van der Waals surface area contributed by atoms with E-state index in [2.05, 4.69) is 9.46 Å². The van der Waals surface area contributed by atoms with Crippen LogP contribution in [-0.2, 0) is 19.6 Å². The number of methoxy groups -OCH3 is 3. The predicted octanol–water partition coefficient (Wildman–Crippen LogP) is 4.00. The molecule has 0 aliphatic carbocycles. The smallest absolute Gasteiger partial charge is 0.330 e. The second kappa shape index (κ2) is 9.18. The van der Waals surface area contributed by atoms with Gasteiger partial charge in [0.25, 0.3) is 10.0 Å². The van der Waals surface area contributed by atoms with E-state index in [0.29, 0.717) is 5.56 Å². The van der Waals surface area contributed by atoms with Crippen molar-refractivity contribution in [3.8, 4) is 11.5 Å². The molecule has 0 atom stereocenters. The van der Waals surface area contributed by atoms with E-state index in [-0.39, 0.29) is 32.1 Å². The van der Waals surface area contributed by atoms with Crippen LogP contribution in [0.1, 0.15) is 5.56 Å². The Morgan fingerprint density at radius 3 is 2.18 bits per heavy atom. The van der Waals surface area contributed by atoms with Crippen LogP contribution in [0.3, 0.4) is 0 Å². The third-order valence-electron chi connectivity index (χ3n) is 3.48. The molecule has 1 N–H and O–H groups in total. The quantitative estimate of drug-likeness (QED) is 0.511. The lowest BCUT2D eigenvalue weighted by molar-refractivity contribution is -0.134. The summed E-state index contributed by atoms with van der Waals surface area (Å²) < 4.78 is 43.3. The molecule has 0 radical (unpaired) electrons. The maximum atomic E-state index is 13.0. The SMILES string of the molecule is COC(=O)/C=C\c1cc(OC)c(OC)c(S(=O)(=O)Nc2cc(Cl)cc(Cl)c2)c1. The van der Waals surface area contributed by atoms with Crippen molar-refractivity contribution in [2.45, 2.75) is 4.90 Å². The summed E-state index contributed by atoms with van der Waals surface area (Å²) in [6, 6.07) is 7.15. The first kappa shape index (κ1) is 21.9. The summed E-state index contributed by atoms with van der Waals surface area (Å²) in [5, 5.41) is 0.536. The zero-order valence-corrected chi connectivity index (χ0v) is 17.5. The largest absolute Gasteiger partial charge is 0.493 e. The molecule has 0 saturated carbocycles. The monoisotopic (exact) mass is 445 g/mol. The fourth-order valence-corrected chi connectivity index (χ4v) is 4.08. The first-order valence-corrected chi connectivity index (χ1v) is 9.95. The summed E-state index contributed by atoms with van der Waals surface area (Å²) in [7, 11) is -0.194. The molecule has 0 aliphatic rings. The number of carbonyl (C=O) groups is 1. The van der Waals surface area contributed by atoms with Gasteiger partial charge in [-0.25, -0.2) is 13.2 Å². The maximum absolute atomic E-state index is 13.0. The van der Waals surface area contributed by atoms with Gasteiger partial charge in [0, 0.05) is 16.1 Å². The highest BCUT2D eigenvalue weighted by atomic mass is 35.5. The number of nitrogens with one attached hydrogen (secondary N) is 1. The van der Waals surface area contributed by atoms with Crippen LogP contribution in [-0.4, -0.2) is 35.7 Å². The van der Waals surface area contributed by atoms with Crippen LogP contribution in [0.2, 0.25) is 10.0 Å². The second-order valence-electron chi connectivity index (χ2n) is 5.37. The molecule has 0 fully saturated rings. The van der Waals surface area contributed by atoms with Crippen LogP contribution >= 0.6 is 23.2 Å². The van der Waals surface area contributed by atoms with Gasteiger partial charge in [-0.2, -0.15) is 0 Å². The van der Waals surface area contributed by atoms with Crippen molar-refractivity contribution in [2.24, 2.45) is 0 Å². The van der Waals surface area contributed by atoms with Crippen LogP contribution in [0.25, 0.3) is 6.08 Å². The minimum absolute atomic E-state index is 0.00153. The van der Waals surface area contributed by atoms with Crippen molar-refractivity contribution in [2.75, 3.05) is 26.1 Å². The molecule has 0 unspecified atom stereocenters. The zero-order chi connectivity index (χ0) is 20.9. The van der Waals surface area contributed by atoms with Crippen molar-refractivity contribution in [3.63, 3.8) is 0 Å². The number of benzene rings is 2. The van der Waals surface area contributed by atoms with E-state index in [1.165, 1.54) is 57.7 Å². The summed E-state index contributed by atoms with van der Waals surface area (Å²) in [4.78, 5) is 11.1. The first-order valence-electron chi connectivity index (χ1n) is 7.71. The number of hydrogen-bond acceptors (Lipinski definition) is 6. The van der Waals surface area contributed by atoms with E-state index in [1.54, 1.807) is 0 Å². The Labute approximate surface area is 172 Å². The molecule has 0 spiro atoms. The Morgan fingerprint density at radius 2 is 1.64 bits per heavy atom. The average molecular weight is 446 g/mol. The van der Waals surface area contributed by atoms with Gasteiger partial charge in [0.1, 0.15) is 4.90 Å². The number of hydrogen-bond donors (Lipinski definition) is 1. The van der Waals surface area contributed by atoms with Gasteiger partial charge >= 0.3 is 5.97 Å². The standard InChI is InChI=1S/C18H17Cl2NO6S/c1-25-15-6-11(4-5-17(22)26-2)7-16(18(15)27-3)28(23,24)21-14-9-12(19)8-13(20)10-14/h4-10,21H,1-3H3/b5-4-. The van der Waals surface area contributed by atoms with Crippen LogP contribution in [0, 0.1) is 0 Å². The Balaban J connectivity index is 2.56. The highest BCUT2D eigenvalue weighted by molar-refractivity contribution is 7.92. The molecule has 10 heteroatoms. The molecule has 2 rings (SSSR count). The summed E-state index contributed by atoms with van der Waals surface area (Å²) in [6.07, 6.45) is 2.55. The number of esters is 1. The summed E-state index contributed by atoms with van der Waals surface area (Å²) in [6.45, 7) is 0. The molecule has 0 aromatic heterocycles. The number of ether oxygens (including phenoxy) is 3. The average Bonchev–Trinajstić information content (AvgIpc) is 2.63. The van der Waals surface area contributed by atoms with Gasteiger partial charge in [-0.15, -0.1) is 0 Å². The topological polar surface area (TPSA) is 90.9 Å². The normalized spacial score (nSPS) is 11.3. The number of rotatable bonds is 7. The van der Waals surface area contributed by atoms with Crippen molar-refractivity contribution in [1.29, 1.82) is 0 Å². The first-order chi connectivity index (χ1) is 13.2. The second-order valence-corrected chi connectivity index (χ2v) is 7.90. The van der Waals surface area contributed by atoms with Gasteiger partial charge in [0.15, 0.2) is 11.5 Å². The van der Waals surface area contributed by atoms with Crippen LogP contribution in [0.5, 0.6) is 11.5 Å². The van der Waals surface area contributed by atoms with Crippen molar-refractivity contribution in [1.82, 2.24) is 0 Å². The van der Waals surface area contributed by atoms with Crippen LogP contribution < -0.4 is 14.2 Å². The highest BCUT2D eigenvalue weighted by Gasteiger charge is 2.24. The molecule has 0 heterocycles. The molecular weight excluding hydrogens is 429 g/mol. The molecule has 0 amide bonds. The Hall–Kier alpha value is -2.42. The van der Waals surface area contributed by atoms with Gasteiger partial charge in [-0.1, -0.05) is 23.2 Å². The number of sulfonamides is 1. The molecule has 0 saturated heterocycles. The lowest BCUT2D eigenvalue weighted by Gasteiger charge is -2.16. The van der Waals surface area contributed by atoms with E-state index in [1.807, 2.05) is 0 Å². The van der Waals surface area contributed by atoms with E-state index < -0.39 is 16.0 Å². The predicted molar refractivity (Wildman–Crippen MR) is 108 cm³/mol. The van der Waals surface area contributed by atoms with E-state index in [0.717, 1.165) is 6.08 Å². The summed E-state index contributed by atoms with van der Waals surface area (Å²) in [5.74, 6) is -0.428. The number of anilines is 1. The number of halogens is 2. The lowest BCUT2D eigenvalue weighted by atomic mass is 10.2. The summed E-state index contributed by atoms with van der Waals surface area (Å²) >= 11 is 11.8. The van der Waals surface area contributed by atoms with Gasteiger partial charge < -0.3 is 14.2 Å². The van der Waals surface area contributed by atoms with Crippen molar-refractivity contribution in [3.05, 3.63) is 52.0 Å². The maximum Gasteiger partial charge on any atom is 0.330 e. The Kier molecular flexibility index (Phi) is 7.17. The lowest BCUT2D eigenvalue weighted by Crippen LogP contribution is -2.15. The fourth-order valence-electron chi connectivity index (χ4n) is 2.30. The van der Waals surface area contributed by atoms with Gasteiger partial charge in [0.05, 0.1) is 27.0 Å². The van der Waals surface area contributed by atoms with Gasteiger partial charge in [-0.3, -0.25) is 4.72 Å². The summed E-state index contributed by atoms with van der Waals surface area (Å²) in [5.41, 5.74) is 0.557. The molecule has 0 aliphatic heterocycles. The number of carbonyl (C=O) groups excluding carboxylic acids is 1. The minimum atomic E-state index is -4.11. The molecule has 0 bridgehead atoms. The zero-order valence-electron chi connectivity index (χ0n) is 15.2. The molecular formula is C18H17Cl2NO6S. The molecule has 150 valence electrons.